The van der Waals surface area contributed by atoms with E-state index >= 15 is 0 Å². The molecule has 0 heterocycles. The molecule has 0 spiro atoms. The number of nitrogens with zero attached hydrogens (tertiary/aromatic N) is 1. The summed E-state index contributed by atoms with van der Waals surface area (Å²) in [4.78, 5) is -0.414. The minimum absolute atomic E-state index is 0.0572. The fourth-order valence-electron chi connectivity index (χ4n) is 1.94. The molecule has 0 fully saturated rings. The van der Waals surface area contributed by atoms with Crippen LogP contribution < -0.4 is 5.14 Å². The Hall–Kier alpha value is -1.45. The quantitative estimate of drug-likeness (QED) is 0.862. The molecule has 0 bridgehead atoms. The Kier molecular flexibility index (Phi) is 5.12. The smallest absolute Gasteiger partial charge is 0.225 e. The zero-order valence-corrected chi connectivity index (χ0v) is 14.6. The van der Waals surface area contributed by atoms with Crippen molar-refractivity contribution in [2.75, 3.05) is 7.05 Å². The van der Waals surface area contributed by atoms with Crippen LogP contribution in [0.3, 0.4) is 0 Å². The standard InChI is InChI=1S/C14H15ClN2O4S2/c1-17(10-11-5-2-3-8-14(11)15)23(20,21)13-7-4-6-12(9-13)22(16,18)19/h2-9H,10H2,1H3,(H2,16,18,19). The molecular weight excluding hydrogens is 360 g/mol. The first-order valence-electron chi connectivity index (χ1n) is 6.45. The highest BCUT2D eigenvalue weighted by Gasteiger charge is 2.23. The average Bonchev–Trinajstić information content (AvgIpc) is 2.48. The van der Waals surface area contributed by atoms with Gasteiger partial charge >= 0.3 is 0 Å². The van der Waals surface area contributed by atoms with Gasteiger partial charge in [-0.2, -0.15) is 4.31 Å². The monoisotopic (exact) mass is 374 g/mol. The van der Waals surface area contributed by atoms with Crippen LogP contribution in [0.25, 0.3) is 0 Å². The molecule has 9 heteroatoms. The van der Waals surface area contributed by atoms with Gasteiger partial charge in [-0.25, -0.2) is 22.0 Å². The second kappa shape index (κ2) is 6.58. The van der Waals surface area contributed by atoms with Gasteiger partial charge in [-0.15, -0.1) is 0 Å². The molecule has 6 nitrogen and oxygen atoms in total. The number of halogens is 1. The zero-order valence-electron chi connectivity index (χ0n) is 12.2. The van der Waals surface area contributed by atoms with Gasteiger partial charge in [0.05, 0.1) is 9.79 Å². The van der Waals surface area contributed by atoms with Crippen LogP contribution in [0.2, 0.25) is 5.02 Å². The average molecular weight is 375 g/mol. The minimum Gasteiger partial charge on any atom is -0.225 e. The van der Waals surface area contributed by atoms with Crippen molar-refractivity contribution in [1.29, 1.82) is 0 Å². The van der Waals surface area contributed by atoms with Crippen molar-refractivity contribution in [3.8, 4) is 0 Å². The van der Waals surface area contributed by atoms with Gasteiger partial charge in [0.25, 0.3) is 0 Å². The summed E-state index contributed by atoms with van der Waals surface area (Å²) in [6.45, 7) is 0.0572. The van der Waals surface area contributed by atoms with Gasteiger partial charge in [-0.3, -0.25) is 0 Å². The van der Waals surface area contributed by atoms with Gasteiger partial charge in [0, 0.05) is 18.6 Å². The third kappa shape index (κ3) is 4.10. The lowest BCUT2D eigenvalue weighted by molar-refractivity contribution is 0.466. The van der Waals surface area contributed by atoms with Crippen LogP contribution in [0.1, 0.15) is 5.56 Å². The first kappa shape index (κ1) is 17.9. The summed E-state index contributed by atoms with van der Waals surface area (Å²) in [6.07, 6.45) is 0. The van der Waals surface area contributed by atoms with E-state index in [9.17, 15) is 16.8 Å². The van der Waals surface area contributed by atoms with E-state index in [4.69, 9.17) is 16.7 Å². The number of rotatable bonds is 5. The lowest BCUT2D eigenvalue weighted by Crippen LogP contribution is -2.27. The molecule has 0 atom stereocenters. The summed E-state index contributed by atoms with van der Waals surface area (Å²) >= 11 is 6.03. The molecule has 0 aromatic heterocycles. The number of benzene rings is 2. The molecule has 2 rings (SSSR count). The normalized spacial score (nSPS) is 12.5. The number of hydrogen-bond acceptors (Lipinski definition) is 4. The summed E-state index contributed by atoms with van der Waals surface area (Å²) in [5, 5.41) is 5.49. The van der Waals surface area contributed by atoms with Crippen molar-refractivity contribution >= 4 is 31.6 Å². The van der Waals surface area contributed by atoms with Crippen molar-refractivity contribution in [3.63, 3.8) is 0 Å². The fraction of sp³-hybridized carbons (Fsp3) is 0.143. The maximum Gasteiger partial charge on any atom is 0.243 e. The van der Waals surface area contributed by atoms with Crippen LogP contribution >= 0.6 is 11.6 Å². The number of nitrogens with two attached hydrogens (primary N) is 1. The molecule has 0 saturated heterocycles. The molecule has 2 aromatic carbocycles. The molecule has 2 aromatic rings. The van der Waals surface area contributed by atoms with Crippen molar-refractivity contribution in [2.24, 2.45) is 5.14 Å². The predicted octanol–water partition coefficient (Wildman–Crippen LogP) is 1.81. The van der Waals surface area contributed by atoms with Gasteiger partial charge in [-0.05, 0) is 29.8 Å². The largest absolute Gasteiger partial charge is 0.243 e. The molecule has 23 heavy (non-hydrogen) atoms. The van der Waals surface area contributed by atoms with E-state index in [1.54, 1.807) is 24.3 Å². The molecule has 0 aliphatic carbocycles. The van der Waals surface area contributed by atoms with Crippen LogP contribution in [0.15, 0.2) is 58.3 Å². The second-order valence-corrected chi connectivity index (χ2v) is 8.89. The highest BCUT2D eigenvalue weighted by atomic mass is 35.5. The highest BCUT2D eigenvalue weighted by molar-refractivity contribution is 7.90. The van der Waals surface area contributed by atoms with Crippen molar-refractivity contribution in [1.82, 2.24) is 4.31 Å². The van der Waals surface area contributed by atoms with Crippen LogP contribution in [0.4, 0.5) is 0 Å². The first-order valence-corrected chi connectivity index (χ1v) is 9.81. The Morgan fingerprint density at radius 2 is 1.61 bits per heavy atom. The van der Waals surface area contributed by atoms with E-state index in [1.165, 1.54) is 25.2 Å². The summed E-state index contributed by atoms with van der Waals surface area (Å²) in [6, 6.07) is 11.8. The lowest BCUT2D eigenvalue weighted by Gasteiger charge is -2.18. The van der Waals surface area contributed by atoms with Crippen LogP contribution in [-0.4, -0.2) is 28.2 Å². The number of primary sulfonamides is 1. The third-order valence-corrected chi connectivity index (χ3v) is 6.27. The Morgan fingerprint density at radius 1 is 1.00 bits per heavy atom. The minimum atomic E-state index is -3.98. The molecule has 0 amide bonds. The van der Waals surface area contributed by atoms with E-state index in [-0.39, 0.29) is 16.3 Å². The Morgan fingerprint density at radius 3 is 2.22 bits per heavy atom. The first-order chi connectivity index (χ1) is 10.6. The van der Waals surface area contributed by atoms with Crippen LogP contribution in [0, 0.1) is 0 Å². The number of sulfonamides is 2. The van der Waals surface area contributed by atoms with E-state index in [1.807, 2.05) is 0 Å². The fourth-order valence-corrected chi connectivity index (χ4v) is 3.97. The molecule has 0 aliphatic rings. The zero-order chi connectivity index (χ0) is 17.3. The Bertz CT molecular complexity index is 927. The van der Waals surface area contributed by atoms with Crippen molar-refractivity contribution in [2.45, 2.75) is 16.3 Å². The third-order valence-electron chi connectivity index (χ3n) is 3.19. The molecule has 0 saturated carbocycles. The lowest BCUT2D eigenvalue weighted by atomic mass is 10.2. The van der Waals surface area contributed by atoms with E-state index in [0.717, 1.165) is 10.4 Å². The van der Waals surface area contributed by atoms with Crippen molar-refractivity contribution in [3.05, 3.63) is 59.1 Å². The maximum absolute atomic E-state index is 12.6. The molecular formula is C14H15ClN2O4S2. The van der Waals surface area contributed by atoms with E-state index in [2.05, 4.69) is 0 Å². The molecule has 0 unspecified atom stereocenters. The number of hydrogen-bond donors (Lipinski definition) is 1. The summed E-state index contributed by atoms with van der Waals surface area (Å²) in [5.41, 5.74) is 0.642. The van der Waals surface area contributed by atoms with E-state index < -0.39 is 20.0 Å². The highest BCUT2D eigenvalue weighted by Crippen LogP contribution is 2.22. The topological polar surface area (TPSA) is 97.5 Å². The van der Waals surface area contributed by atoms with E-state index in [0.29, 0.717) is 10.6 Å². The SMILES string of the molecule is CN(Cc1ccccc1Cl)S(=O)(=O)c1cccc(S(N)(=O)=O)c1. The van der Waals surface area contributed by atoms with Gasteiger partial charge < -0.3 is 0 Å². The molecule has 0 aliphatic heterocycles. The summed E-state index contributed by atoms with van der Waals surface area (Å²) in [7, 11) is -6.47. The molecule has 0 radical (unpaired) electrons. The molecule has 124 valence electrons. The summed E-state index contributed by atoms with van der Waals surface area (Å²) in [5.74, 6) is 0. The predicted molar refractivity (Wildman–Crippen MR) is 87.9 cm³/mol. The maximum atomic E-state index is 12.6. The van der Waals surface area contributed by atoms with Gasteiger partial charge in [0.1, 0.15) is 0 Å². The Labute approximate surface area is 140 Å². The van der Waals surface area contributed by atoms with Crippen LogP contribution in [-0.2, 0) is 26.6 Å². The van der Waals surface area contributed by atoms with Gasteiger partial charge in [-0.1, -0.05) is 35.9 Å². The van der Waals surface area contributed by atoms with Gasteiger partial charge in [0.2, 0.25) is 20.0 Å². The summed E-state index contributed by atoms with van der Waals surface area (Å²) < 4.78 is 49.0. The Balaban J connectivity index is 2.37. The van der Waals surface area contributed by atoms with Gasteiger partial charge in [0.15, 0.2) is 0 Å². The van der Waals surface area contributed by atoms with Crippen LogP contribution in [0.5, 0.6) is 0 Å². The molecule has 2 N–H and O–H groups in total. The second-order valence-electron chi connectivity index (χ2n) is 4.87. The van der Waals surface area contributed by atoms with Crippen molar-refractivity contribution < 1.29 is 16.8 Å².